The molecule has 0 bridgehead atoms. The summed E-state index contributed by atoms with van der Waals surface area (Å²) in [5, 5.41) is 22.1. The van der Waals surface area contributed by atoms with E-state index >= 15 is 0 Å². The first-order valence-electron chi connectivity index (χ1n) is 11.0. The van der Waals surface area contributed by atoms with Crippen molar-refractivity contribution in [3.8, 4) is 0 Å². The van der Waals surface area contributed by atoms with Gasteiger partial charge in [0.15, 0.2) is 5.69 Å². The van der Waals surface area contributed by atoms with E-state index in [0.717, 1.165) is 16.3 Å². The maximum Gasteiger partial charge on any atom is 0.274 e. The molecule has 0 aliphatic carbocycles. The summed E-state index contributed by atoms with van der Waals surface area (Å²) in [6.07, 6.45) is -0.595. The summed E-state index contributed by atoms with van der Waals surface area (Å²) in [6, 6.07) is 12.3. The van der Waals surface area contributed by atoms with Crippen LogP contribution in [0.2, 0.25) is 0 Å². The van der Waals surface area contributed by atoms with Crippen LogP contribution in [0.1, 0.15) is 28.2 Å². The van der Waals surface area contributed by atoms with Gasteiger partial charge in [0, 0.05) is 19.7 Å². The van der Waals surface area contributed by atoms with Gasteiger partial charge in [-0.2, -0.15) is 0 Å². The highest BCUT2D eigenvalue weighted by Gasteiger charge is 2.29. The fourth-order valence-corrected chi connectivity index (χ4v) is 3.52. The Morgan fingerprint density at radius 2 is 1.78 bits per heavy atom. The molecular weight excluding hydrogens is 470 g/mol. The number of amides is 4. The molecule has 4 amide bonds. The van der Waals surface area contributed by atoms with Crippen LogP contribution >= 0.6 is 0 Å². The quantitative estimate of drug-likeness (QED) is 0.189. The molecule has 1 aromatic heterocycles. The molecule has 2 aromatic carbocycles. The monoisotopic (exact) mass is 497 g/mol. The Hall–Kier alpha value is -4.29. The second kappa shape index (κ2) is 12.4. The maximum absolute atomic E-state index is 12.9. The second-order valence-electron chi connectivity index (χ2n) is 7.96. The largest absolute Gasteiger partial charge is 0.382 e. The number of nitrogens with zero attached hydrogens (tertiary/aromatic N) is 1. The average molecular weight is 498 g/mol. The molecular formula is C24H27N5O7. The minimum atomic E-state index is -1.42. The SMILES string of the molecule is COC[C@H](NC(=O)[C@H](CC(=O)NO)NC(=O)c1cc(C)on1)C(=O)NCc1cccc2ccccc12. The standard InChI is InChI=1S/C24H27N5O7/c1-14-10-19(29-36-14)24(33)26-18(11-21(30)28-34)23(32)27-20(13-35-2)22(31)25-12-16-8-5-7-15-6-3-4-9-17(15)16/h3-10,18,20,34H,11-13H2,1-2H3,(H,25,31)(H,26,33)(H,27,32)(H,28,30)/t18-,20-/m0/s1. The van der Waals surface area contributed by atoms with E-state index in [0.29, 0.717) is 5.76 Å². The highest BCUT2D eigenvalue weighted by atomic mass is 16.5. The highest BCUT2D eigenvalue weighted by molar-refractivity contribution is 5.99. The van der Waals surface area contributed by atoms with Gasteiger partial charge in [-0.1, -0.05) is 47.6 Å². The van der Waals surface area contributed by atoms with Crippen molar-refractivity contribution in [3.05, 3.63) is 65.5 Å². The Morgan fingerprint density at radius 3 is 2.47 bits per heavy atom. The summed E-state index contributed by atoms with van der Waals surface area (Å²) >= 11 is 0. The molecule has 0 radical (unpaired) electrons. The van der Waals surface area contributed by atoms with Gasteiger partial charge in [0.1, 0.15) is 17.8 Å². The third-order valence-electron chi connectivity index (χ3n) is 5.30. The minimum absolute atomic E-state index is 0.101. The van der Waals surface area contributed by atoms with Gasteiger partial charge in [-0.3, -0.25) is 24.4 Å². The number of methoxy groups -OCH3 is 1. The molecule has 36 heavy (non-hydrogen) atoms. The average Bonchev–Trinajstić information content (AvgIpc) is 3.32. The molecule has 0 spiro atoms. The van der Waals surface area contributed by atoms with E-state index in [1.165, 1.54) is 18.7 Å². The number of rotatable bonds is 11. The Bertz CT molecular complexity index is 1240. The number of benzene rings is 2. The third-order valence-corrected chi connectivity index (χ3v) is 5.30. The van der Waals surface area contributed by atoms with Crippen molar-refractivity contribution >= 4 is 34.4 Å². The van der Waals surface area contributed by atoms with Crippen molar-refractivity contribution in [2.45, 2.75) is 32.0 Å². The van der Waals surface area contributed by atoms with Gasteiger partial charge < -0.3 is 25.2 Å². The first-order valence-corrected chi connectivity index (χ1v) is 11.0. The van der Waals surface area contributed by atoms with Crippen LogP contribution in [0.25, 0.3) is 10.8 Å². The van der Waals surface area contributed by atoms with E-state index in [4.69, 9.17) is 14.5 Å². The Morgan fingerprint density at radius 1 is 1.03 bits per heavy atom. The summed E-state index contributed by atoms with van der Waals surface area (Å²) < 4.78 is 9.93. The number of ether oxygens (including phenoxy) is 1. The number of aryl methyl sites for hydroxylation is 1. The van der Waals surface area contributed by atoms with Crippen LogP contribution in [0.15, 0.2) is 53.1 Å². The number of hydroxylamine groups is 1. The molecule has 12 nitrogen and oxygen atoms in total. The molecule has 2 atom stereocenters. The van der Waals surface area contributed by atoms with Crippen molar-refractivity contribution in [1.29, 1.82) is 0 Å². The van der Waals surface area contributed by atoms with E-state index in [1.807, 2.05) is 42.5 Å². The van der Waals surface area contributed by atoms with Gasteiger partial charge in [0.25, 0.3) is 5.91 Å². The van der Waals surface area contributed by atoms with Crippen molar-refractivity contribution in [3.63, 3.8) is 0 Å². The molecule has 190 valence electrons. The lowest BCUT2D eigenvalue weighted by atomic mass is 10.0. The lowest BCUT2D eigenvalue weighted by Crippen LogP contribution is -2.56. The zero-order chi connectivity index (χ0) is 26.1. The summed E-state index contributed by atoms with van der Waals surface area (Å²) in [6.45, 7) is 1.62. The summed E-state index contributed by atoms with van der Waals surface area (Å²) in [5.74, 6) is -2.69. The van der Waals surface area contributed by atoms with Crippen LogP contribution in [0.4, 0.5) is 0 Å². The van der Waals surface area contributed by atoms with E-state index < -0.39 is 42.1 Å². The van der Waals surface area contributed by atoms with Crippen LogP contribution in [0.3, 0.4) is 0 Å². The molecule has 0 aliphatic rings. The summed E-state index contributed by atoms with van der Waals surface area (Å²) in [5.41, 5.74) is 2.20. The van der Waals surface area contributed by atoms with Crippen molar-refractivity contribution in [2.75, 3.05) is 13.7 Å². The lowest BCUT2D eigenvalue weighted by molar-refractivity contribution is -0.134. The van der Waals surface area contributed by atoms with Gasteiger partial charge in [-0.15, -0.1) is 0 Å². The van der Waals surface area contributed by atoms with Crippen molar-refractivity contribution in [1.82, 2.24) is 26.6 Å². The fraction of sp³-hybridized carbons (Fsp3) is 0.292. The zero-order valence-electron chi connectivity index (χ0n) is 19.7. The number of aromatic nitrogens is 1. The predicted molar refractivity (Wildman–Crippen MR) is 127 cm³/mol. The normalized spacial score (nSPS) is 12.4. The Labute approximate surface area is 206 Å². The molecule has 0 saturated heterocycles. The van der Waals surface area contributed by atoms with Gasteiger partial charge in [-0.25, -0.2) is 5.48 Å². The van der Waals surface area contributed by atoms with E-state index in [2.05, 4.69) is 21.1 Å². The number of carbonyl (C=O) groups excluding carboxylic acids is 4. The molecule has 0 fully saturated rings. The Kier molecular flexibility index (Phi) is 9.08. The molecule has 1 heterocycles. The lowest BCUT2D eigenvalue weighted by Gasteiger charge is -2.22. The topological polar surface area (TPSA) is 172 Å². The third kappa shape index (κ3) is 6.87. The van der Waals surface area contributed by atoms with E-state index in [1.54, 1.807) is 6.92 Å². The highest BCUT2D eigenvalue weighted by Crippen LogP contribution is 2.18. The number of hydrogen-bond acceptors (Lipinski definition) is 8. The molecule has 0 aliphatic heterocycles. The number of carbonyl (C=O) groups is 4. The van der Waals surface area contributed by atoms with E-state index in [9.17, 15) is 19.2 Å². The molecule has 3 rings (SSSR count). The molecule has 0 saturated carbocycles. The Balaban J connectivity index is 1.69. The predicted octanol–water partition coefficient (Wildman–Crippen LogP) is 0.578. The van der Waals surface area contributed by atoms with Crippen LogP contribution < -0.4 is 21.4 Å². The van der Waals surface area contributed by atoms with Crippen LogP contribution in [-0.4, -0.2) is 59.8 Å². The first kappa shape index (κ1) is 26.3. The maximum atomic E-state index is 12.9. The first-order chi connectivity index (χ1) is 17.3. The molecule has 0 unspecified atom stereocenters. The van der Waals surface area contributed by atoms with Gasteiger partial charge in [0.05, 0.1) is 13.0 Å². The fourth-order valence-electron chi connectivity index (χ4n) is 3.52. The van der Waals surface area contributed by atoms with Crippen LogP contribution in [0.5, 0.6) is 0 Å². The number of fused-ring (bicyclic) bond motifs is 1. The summed E-state index contributed by atoms with van der Waals surface area (Å²) in [7, 11) is 1.36. The van der Waals surface area contributed by atoms with Crippen LogP contribution in [0, 0.1) is 6.92 Å². The molecule has 5 N–H and O–H groups in total. The second-order valence-corrected chi connectivity index (χ2v) is 7.96. The molecule has 3 aromatic rings. The summed E-state index contributed by atoms with van der Waals surface area (Å²) in [4.78, 5) is 50.0. The minimum Gasteiger partial charge on any atom is -0.382 e. The van der Waals surface area contributed by atoms with Gasteiger partial charge in [-0.05, 0) is 23.3 Å². The van der Waals surface area contributed by atoms with Crippen LogP contribution in [-0.2, 0) is 25.7 Å². The van der Waals surface area contributed by atoms with Crippen molar-refractivity contribution < 1.29 is 33.6 Å². The van der Waals surface area contributed by atoms with Gasteiger partial charge in [0.2, 0.25) is 17.7 Å². The van der Waals surface area contributed by atoms with Crippen molar-refractivity contribution in [2.24, 2.45) is 0 Å². The smallest absolute Gasteiger partial charge is 0.274 e. The number of nitrogens with one attached hydrogen (secondary N) is 4. The molecule has 12 heteroatoms. The van der Waals surface area contributed by atoms with E-state index in [-0.39, 0.29) is 18.8 Å². The van der Waals surface area contributed by atoms with Gasteiger partial charge >= 0.3 is 0 Å². The number of hydrogen-bond donors (Lipinski definition) is 5. The zero-order valence-corrected chi connectivity index (χ0v) is 19.7.